The predicted octanol–water partition coefficient (Wildman–Crippen LogP) is 0.812. The van der Waals surface area contributed by atoms with E-state index in [2.05, 4.69) is 0 Å². The average molecular weight is 177 g/mol. The van der Waals surface area contributed by atoms with E-state index in [0.717, 1.165) is 0 Å². The van der Waals surface area contributed by atoms with E-state index in [4.69, 9.17) is 14.6 Å². The highest BCUT2D eigenvalue weighted by Gasteiger charge is 2.18. The van der Waals surface area contributed by atoms with Gasteiger partial charge in [0.25, 0.3) is 0 Å². The molecular weight excluding hydrogens is 156 g/mol. The number of likely N-dealkylation sites (N-methyl/N-ethyl adjacent to an activating group) is 1. The van der Waals surface area contributed by atoms with Crippen molar-refractivity contribution >= 4 is 6.09 Å². The summed E-state index contributed by atoms with van der Waals surface area (Å²) in [6.07, 6.45) is -0.868. The minimum Gasteiger partial charge on any atom is -0.444 e. The molecule has 12 heavy (non-hydrogen) atoms. The Morgan fingerprint density at radius 3 is 2.58 bits per heavy atom. The Labute approximate surface area is 77.9 Å². The summed E-state index contributed by atoms with van der Waals surface area (Å²) < 4.78 is 26.4. The molecule has 4 nitrogen and oxygen atoms in total. The van der Waals surface area contributed by atoms with Crippen molar-refractivity contribution in [1.82, 2.24) is 4.90 Å². The van der Waals surface area contributed by atoms with Gasteiger partial charge < -0.3 is 15.4 Å². The third-order valence-corrected chi connectivity index (χ3v) is 0.967. The van der Waals surface area contributed by atoms with E-state index in [0.29, 0.717) is 4.90 Å². The molecule has 0 radical (unpaired) electrons. The fourth-order valence-corrected chi connectivity index (χ4v) is 0.537. The van der Waals surface area contributed by atoms with Crippen LogP contribution < -0.4 is 5.73 Å². The van der Waals surface area contributed by atoms with E-state index in [1.807, 2.05) is 0 Å². The number of hydrogen-bond donors (Lipinski definition) is 1. The Balaban J connectivity index is 4.58. The van der Waals surface area contributed by atoms with Gasteiger partial charge in [0.1, 0.15) is 5.60 Å². The van der Waals surface area contributed by atoms with Crippen molar-refractivity contribution in [2.45, 2.75) is 26.4 Å². The number of nitrogens with zero attached hydrogens (tertiary/aromatic N) is 1. The Morgan fingerprint density at radius 2 is 2.25 bits per heavy atom. The number of ether oxygens (including phenoxy) is 1. The van der Waals surface area contributed by atoms with Gasteiger partial charge in [-0.05, 0) is 20.8 Å². The minimum absolute atomic E-state index is 0.0502. The van der Waals surface area contributed by atoms with Crippen molar-refractivity contribution < 1.29 is 13.6 Å². The van der Waals surface area contributed by atoms with Gasteiger partial charge in [0.15, 0.2) is 0 Å². The quantitative estimate of drug-likeness (QED) is 0.679. The largest absolute Gasteiger partial charge is 0.444 e. The number of nitrogens with two attached hydrogens (primary N) is 1. The smallest absolute Gasteiger partial charge is 0.410 e. The second-order valence-corrected chi connectivity index (χ2v) is 3.42. The third kappa shape index (κ3) is 4.96. The molecular formula is C8H18N2O2. The molecule has 0 aliphatic carbocycles. The lowest BCUT2D eigenvalue weighted by atomic mass is 10.2. The molecule has 0 fully saturated rings. The van der Waals surface area contributed by atoms with Crippen LogP contribution in [-0.2, 0) is 4.74 Å². The van der Waals surface area contributed by atoms with Crippen LogP contribution in [0.2, 0.25) is 0 Å². The molecule has 0 spiro atoms. The summed E-state index contributed by atoms with van der Waals surface area (Å²) in [5.41, 5.74) is 4.52. The maximum atomic E-state index is 11.5. The third-order valence-electron chi connectivity index (χ3n) is 0.967. The summed E-state index contributed by atoms with van der Waals surface area (Å²) in [5.74, 6) is 0. The van der Waals surface area contributed by atoms with E-state index < -0.39 is 18.7 Å². The van der Waals surface area contributed by atoms with Crippen molar-refractivity contribution in [3.8, 4) is 0 Å². The Hall–Kier alpha value is -0.770. The molecule has 4 heteroatoms. The average Bonchev–Trinajstić information content (AvgIpc) is 1.93. The lowest BCUT2D eigenvalue weighted by Crippen LogP contribution is -2.36. The van der Waals surface area contributed by atoms with Crippen molar-refractivity contribution in [2.24, 2.45) is 5.73 Å². The molecule has 2 N–H and O–H groups in total. The van der Waals surface area contributed by atoms with E-state index in [1.165, 1.54) is 0 Å². The molecule has 0 aromatic carbocycles. The first-order valence-corrected chi connectivity index (χ1v) is 3.78. The highest BCUT2D eigenvalue weighted by atomic mass is 16.6. The molecule has 1 amide bonds. The number of amides is 1. The zero-order valence-corrected chi connectivity index (χ0v) is 7.76. The molecule has 0 aliphatic rings. The van der Waals surface area contributed by atoms with E-state index in [9.17, 15) is 4.79 Å². The molecule has 0 saturated heterocycles. The van der Waals surface area contributed by atoms with E-state index in [1.54, 1.807) is 20.8 Å². The van der Waals surface area contributed by atoms with Crippen LogP contribution in [0, 0.1) is 0 Å². The Morgan fingerprint density at radius 1 is 1.67 bits per heavy atom. The maximum absolute atomic E-state index is 11.5. The summed E-state index contributed by atoms with van der Waals surface area (Å²) in [6, 6.07) is 0. The SMILES string of the molecule is [2H]C([2H])([2H])N(CCN)C(=O)OC(C)(C)C. The normalized spacial score (nSPS) is 15.8. The fraction of sp³-hybridized carbons (Fsp3) is 0.875. The van der Waals surface area contributed by atoms with Gasteiger partial charge in [-0.3, -0.25) is 0 Å². The Bertz CT molecular complexity index is 223. The lowest BCUT2D eigenvalue weighted by Gasteiger charge is -2.24. The monoisotopic (exact) mass is 177 g/mol. The van der Waals surface area contributed by atoms with Crippen molar-refractivity contribution in [3.05, 3.63) is 0 Å². The molecule has 0 bridgehead atoms. The summed E-state index contributed by atoms with van der Waals surface area (Å²) >= 11 is 0. The summed E-state index contributed by atoms with van der Waals surface area (Å²) in [6.45, 7) is 2.53. The molecule has 0 unspecified atom stereocenters. The first-order valence-electron chi connectivity index (χ1n) is 5.28. The predicted molar refractivity (Wildman–Crippen MR) is 47.9 cm³/mol. The lowest BCUT2D eigenvalue weighted by molar-refractivity contribution is 0.0304. The molecule has 0 saturated carbocycles. The second kappa shape index (κ2) is 4.30. The van der Waals surface area contributed by atoms with Crippen molar-refractivity contribution in [1.29, 1.82) is 0 Å². The molecule has 0 aliphatic heterocycles. The minimum atomic E-state index is -2.51. The van der Waals surface area contributed by atoms with Crippen LogP contribution in [0.3, 0.4) is 0 Å². The van der Waals surface area contributed by atoms with Gasteiger partial charge in [-0.15, -0.1) is 0 Å². The van der Waals surface area contributed by atoms with Gasteiger partial charge in [0, 0.05) is 24.2 Å². The van der Waals surface area contributed by atoms with Crippen LogP contribution in [0.5, 0.6) is 0 Å². The van der Waals surface area contributed by atoms with E-state index in [-0.39, 0.29) is 13.1 Å². The number of hydrogen-bond acceptors (Lipinski definition) is 3. The van der Waals surface area contributed by atoms with Crippen LogP contribution in [0.25, 0.3) is 0 Å². The number of rotatable bonds is 2. The van der Waals surface area contributed by atoms with Crippen LogP contribution in [-0.4, -0.2) is 36.7 Å². The summed E-state index contributed by atoms with van der Waals surface area (Å²) in [5, 5.41) is 0. The zero-order valence-electron chi connectivity index (χ0n) is 10.8. The summed E-state index contributed by atoms with van der Waals surface area (Å²) in [7, 11) is 0. The van der Waals surface area contributed by atoms with Crippen LogP contribution >= 0.6 is 0 Å². The molecule has 0 atom stereocenters. The van der Waals surface area contributed by atoms with Gasteiger partial charge >= 0.3 is 6.09 Å². The maximum Gasteiger partial charge on any atom is 0.410 e. The van der Waals surface area contributed by atoms with Crippen molar-refractivity contribution in [2.75, 3.05) is 20.1 Å². The van der Waals surface area contributed by atoms with Gasteiger partial charge in [0.2, 0.25) is 0 Å². The Kier molecular flexibility index (Phi) is 2.41. The van der Waals surface area contributed by atoms with Gasteiger partial charge in [-0.2, -0.15) is 0 Å². The number of carbonyl (C=O) groups excluding carboxylic acids is 1. The molecule has 72 valence electrons. The highest BCUT2D eigenvalue weighted by Crippen LogP contribution is 2.08. The van der Waals surface area contributed by atoms with Crippen LogP contribution in [0.4, 0.5) is 4.79 Å². The van der Waals surface area contributed by atoms with E-state index >= 15 is 0 Å². The van der Waals surface area contributed by atoms with Crippen LogP contribution in [0.15, 0.2) is 0 Å². The van der Waals surface area contributed by atoms with Gasteiger partial charge in [0.05, 0.1) is 0 Å². The fourth-order valence-electron chi connectivity index (χ4n) is 0.537. The van der Waals surface area contributed by atoms with Gasteiger partial charge in [-0.25, -0.2) is 4.79 Å². The number of carbonyl (C=O) groups is 1. The second-order valence-electron chi connectivity index (χ2n) is 3.42. The first-order chi connectivity index (χ1) is 6.58. The highest BCUT2D eigenvalue weighted by molar-refractivity contribution is 5.67. The topological polar surface area (TPSA) is 55.6 Å². The molecule has 0 heterocycles. The van der Waals surface area contributed by atoms with Crippen LogP contribution in [0.1, 0.15) is 24.9 Å². The standard InChI is InChI=1S/C8H18N2O2/c1-8(2,3)12-7(11)10(4)6-5-9/h5-6,9H2,1-4H3/i4D3. The molecule has 0 rings (SSSR count). The zero-order chi connectivity index (χ0) is 12.3. The van der Waals surface area contributed by atoms with Crippen molar-refractivity contribution in [3.63, 3.8) is 0 Å². The first kappa shape index (κ1) is 6.71. The molecule has 0 aromatic heterocycles. The summed E-state index contributed by atoms with van der Waals surface area (Å²) in [4.78, 5) is 12.1. The molecule has 0 aromatic rings. The van der Waals surface area contributed by atoms with Gasteiger partial charge in [-0.1, -0.05) is 0 Å².